The van der Waals surface area contributed by atoms with Gasteiger partial charge in [0.25, 0.3) is 0 Å². The van der Waals surface area contributed by atoms with E-state index in [1.54, 1.807) is 7.11 Å². The molecule has 0 amide bonds. The Morgan fingerprint density at radius 3 is 2.42 bits per heavy atom. The van der Waals surface area contributed by atoms with E-state index in [1.165, 1.54) is 29.8 Å². The van der Waals surface area contributed by atoms with Crippen LogP contribution in [-0.4, -0.2) is 18.8 Å². The predicted octanol–water partition coefficient (Wildman–Crippen LogP) is 4.17. The first-order valence-corrected chi connectivity index (χ1v) is 7.74. The molecule has 1 saturated carbocycles. The van der Waals surface area contributed by atoms with Gasteiger partial charge in [0.05, 0.1) is 18.4 Å². The highest BCUT2D eigenvalue weighted by Crippen LogP contribution is 2.48. The van der Waals surface area contributed by atoms with Crippen molar-refractivity contribution in [2.75, 3.05) is 7.11 Å². The highest BCUT2D eigenvalue weighted by atomic mass is 19.1. The lowest BCUT2D eigenvalue weighted by atomic mass is 10.1. The van der Waals surface area contributed by atoms with Crippen molar-refractivity contribution in [1.82, 2.24) is 0 Å². The smallest absolute Gasteiger partial charge is 0.365 e. The van der Waals surface area contributed by atoms with E-state index in [1.807, 2.05) is 31.2 Å². The van der Waals surface area contributed by atoms with Gasteiger partial charge in [-0.1, -0.05) is 17.3 Å². The largest absolute Gasteiger partial charge is 0.497 e. The number of ether oxygens (including phenoxy) is 1. The van der Waals surface area contributed by atoms with Crippen LogP contribution in [0.25, 0.3) is 0 Å². The molecule has 0 aromatic heterocycles. The van der Waals surface area contributed by atoms with Crippen LogP contribution in [0.1, 0.15) is 35.2 Å². The van der Waals surface area contributed by atoms with Crippen molar-refractivity contribution in [1.29, 1.82) is 0 Å². The molecule has 4 nitrogen and oxygen atoms in total. The molecule has 124 valence electrons. The quantitative estimate of drug-likeness (QED) is 0.470. The molecule has 2 aromatic rings. The van der Waals surface area contributed by atoms with E-state index < -0.39 is 11.8 Å². The maximum Gasteiger partial charge on any atom is 0.365 e. The molecule has 0 radical (unpaired) electrons. The number of hydrogen-bond acceptors (Lipinski definition) is 4. The molecule has 24 heavy (non-hydrogen) atoms. The van der Waals surface area contributed by atoms with E-state index in [0.29, 0.717) is 5.92 Å². The predicted molar refractivity (Wildman–Crippen MR) is 88.8 cm³/mol. The first kappa shape index (κ1) is 16.2. The van der Waals surface area contributed by atoms with Crippen LogP contribution < -0.4 is 4.74 Å². The molecule has 0 unspecified atom stereocenters. The highest BCUT2D eigenvalue weighted by molar-refractivity contribution is 5.91. The molecule has 1 aliphatic rings. The lowest BCUT2D eigenvalue weighted by Gasteiger charge is -2.03. The van der Waals surface area contributed by atoms with Gasteiger partial charge in [0.15, 0.2) is 0 Å². The number of methoxy groups -OCH3 is 1. The number of oxime groups is 1. The summed E-state index contributed by atoms with van der Waals surface area (Å²) in [6.07, 6.45) is 0.982. The minimum atomic E-state index is -0.587. The fraction of sp³-hybridized carbons (Fsp3) is 0.263. The Bertz CT molecular complexity index is 753. The first-order valence-electron chi connectivity index (χ1n) is 7.74. The van der Waals surface area contributed by atoms with Gasteiger partial charge in [-0.3, -0.25) is 0 Å². The number of nitrogens with zero attached hydrogens (tertiary/aromatic N) is 1. The third kappa shape index (κ3) is 3.62. The van der Waals surface area contributed by atoms with Crippen LogP contribution in [0.5, 0.6) is 5.75 Å². The summed E-state index contributed by atoms with van der Waals surface area (Å²) in [6, 6.07) is 13.1. The van der Waals surface area contributed by atoms with Crippen LogP contribution in [0.4, 0.5) is 4.39 Å². The minimum Gasteiger partial charge on any atom is -0.497 e. The molecule has 2 atom stereocenters. The molecule has 3 rings (SSSR count). The summed E-state index contributed by atoms with van der Waals surface area (Å²) >= 11 is 0. The van der Waals surface area contributed by atoms with Crippen molar-refractivity contribution in [3.8, 4) is 5.75 Å². The fourth-order valence-electron chi connectivity index (χ4n) is 2.70. The summed E-state index contributed by atoms with van der Waals surface area (Å²) in [5.41, 5.74) is 2.28. The Labute approximate surface area is 139 Å². The van der Waals surface area contributed by atoms with Crippen molar-refractivity contribution in [2.45, 2.75) is 19.3 Å². The second kappa shape index (κ2) is 6.83. The van der Waals surface area contributed by atoms with Gasteiger partial charge in [0.2, 0.25) is 0 Å². The van der Waals surface area contributed by atoms with Gasteiger partial charge in [-0.25, -0.2) is 9.18 Å². The van der Waals surface area contributed by atoms with E-state index in [9.17, 15) is 9.18 Å². The zero-order valence-corrected chi connectivity index (χ0v) is 13.5. The van der Waals surface area contributed by atoms with Crippen LogP contribution in [0.15, 0.2) is 53.7 Å². The maximum atomic E-state index is 12.8. The van der Waals surface area contributed by atoms with Crippen molar-refractivity contribution >= 4 is 11.7 Å². The van der Waals surface area contributed by atoms with Crippen molar-refractivity contribution < 1.29 is 18.8 Å². The Hall–Kier alpha value is -2.69. The number of benzene rings is 2. The molecular formula is C19H18FNO3. The van der Waals surface area contributed by atoms with Crippen molar-refractivity contribution in [3.05, 3.63) is 65.5 Å². The Balaban J connectivity index is 1.58. The van der Waals surface area contributed by atoms with Gasteiger partial charge in [0.1, 0.15) is 11.6 Å². The summed E-state index contributed by atoms with van der Waals surface area (Å²) in [5.74, 6) is 0.515. The van der Waals surface area contributed by atoms with Gasteiger partial charge < -0.3 is 9.57 Å². The van der Waals surface area contributed by atoms with Crippen LogP contribution in [-0.2, 0) is 4.84 Å². The third-order valence-corrected chi connectivity index (χ3v) is 4.22. The van der Waals surface area contributed by atoms with Crippen LogP contribution in [0.2, 0.25) is 0 Å². The number of rotatable bonds is 5. The van der Waals surface area contributed by atoms with Crippen molar-refractivity contribution in [2.24, 2.45) is 11.1 Å². The first-order chi connectivity index (χ1) is 11.6. The summed E-state index contributed by atoms with van der Waals surface area (Å²) in [7, 11) is 1.64. The normalized spacial score (nSPS) is 19.7. The minimum absolute atomic E-state index is 0.274. The van der Waals surface area contributed by atoms with Crippen molar-refractivity contribution in [3.63, 3.8) is 0 Å². The molecule has 0 bridgehead atoms. The van der Waals surface area contributed by atoms with E-state index in [2.05, 4.69) is 5.16 Å². The molecule has 0 saturated heterocycles. The second-order valence-electron chi connectivity index (χ2n) is 5.84. The molecule has 2 aromatic carbocycles. The van der Waals surface area contributed by atoms with Gasteiger partial charge >= 0.3 is 5.97 Å². The highest BCUT2D eigenvalue weighted by Gasteiger charge is 2.40. The van der Waals surface area contributed by atoms with Gasteiger partial charge in [-0.15, -0.1) is 0 Å². The summed E-state index contributed by atoms with van der Waals surface area (Å²) in [5, 5.41) is 3.94. The Morgan fingerprint density at radius 2 is 1.79 bits per heavy atom. The number of carbonyl (C=O) groups is 1. The molecule has 0 spiro atoms. The van der Waals surface area contributed by atoms with Crippen LogP contribution in [0.3, 0.4) is 0 Å². The van der Waals surface area contributed by atoms with Gasteiger partial charge in [-0.2, -0.15) is 0 Å². The van der Waals surface area contributed by atoms with Crippen LogP contribution >= 0.6 is 0 Å². The monoisotopic (exact) mass is 327 g/mol. The van der Waals surface area contributed by atoms with Gasteiger partial charge in [0, 0.05) is 5.92 Å². The SMILES string of the molecule is COc1ccc([C@@H]2C[C@H]2/C(C)=N\OC(=O)c2ccc(F)cc2)cc1. The molecule has 1 aliphatic carbocycles. The second-order valence-corrected chi connectivity index (χ2v) is 5.84. The maximum absolute atomic E-state index is 12.8. The standard InChI is InChI=1S/C19H18FNO3/c1-12(21-24-19(22)14-3-7-15(20)8-4-14)17-11-18(17)13-5-9-16(23-2)10-6-13/h3-10,17-18H,11H2,1-2H3/b21-12-/t17-,18-/m0/s1. The van der Waals surface area contributed by atoms with E-state index in [4.69, 9.17) is 9.57 Å². The van der Waals surface area contributed by atoms with E-state index >= 15 is 0 Å². The zero-order chi connectivity index (χ0) is 17.1. The average molecular weight is 327 g/mol. The fourth-order valence-corrected chi connectivity index (χ4v) is 2.70. The summed E-state index contributed by atoms with van der Waals surface area (Å²) < 4.78 is 18.0. The molecule has 0 N–H and O–H groups in total. The van der Waals surface area contributed by atoms with Crippen LogP contribution in [0, 0.1) is 11.7 Å². The molecule has 5 heteroatoms. The van der Waals surface area contributed by atoms with E-state index in [0.717, 1.165) is 17.9 Å². The summed E-state index contributed by atoms with van der Waals surface area (Å²) in [6.45, 7) is 1.85. The molecule has 0 aliphatic heterocycles. The molecular weight excluding hydrogens is 309 g/mol. The summed E-state index contributed by atoms with van der Waals surface area (Å²) in [4.78, 5) is 16.8. The third-order valence-electron chi connectivity index (χ3n) is 4.22. The van der Waals surface area contributed by atoms with Gasteiger partial charge in [-0.05, 0) is 61.2 Å². The lowest BCUT2D eigenvalue weighted by Crippen LogP contribution is -2.05. The Kier molecular flexibility index (Phi) is 4.60. The molecule has 0 heterocycles. The number of hydrogen-bond donors (Lipinski definition) is 0. The average Bonchev–Trinajstić information content (AvgIpc) is 3.41. The lowest BCUT2D eigenvalue weighted by molar-refractivity contribution is 0.0514. The molecule has 1 fully saturated rings. The zero-order valence-electron chi connectivity index (χ0n) is 13.5. The topological polar surface area (TPSA) is 47.9 Å². The number of carbonyl (C=O) groups excluding carboxylic acids is 1. The number of halogens is 1. The van der Waals surface area contributed by atoms with E-state index in [-0.39, 0.29) is 11.5 Å². The Morgan fingerprint density at radius 1 is 1.12 bits per heavy atom.